The first kappa shape index (κ1) is 14.9. The van der Waals surface area contributed by atoms with Crippen molar-refractivity contribution in [3.05, 3.63) is 11.8 Å². The third-order valence-corrected chi connectivity index (χ3v) is 3.86. The third kappa shape index (κ3) is 4.24. The summed E-state index contributed by atoms with van der Waals surface area (Å²) in [5.74, 6) is -0.00864. The van der Waals surface area contributed by atoms with Gasteiger partial charge in [-0.1, -0.05) is 11.8 Å². The number of urea groups is 1. The number of ether oxygens (including phenoxy) is 1. The maximum atomic E-state index is 11.5. The van der Waals surface area contributed by atoms with Crippen molar-refractivity contribution in [1.29, 1.82) is 0 Å². The molecule has 0 aromatic rings. The zero-order valence-electron chi connectivity index (χ0n) is 11.0. The van der Waals surface area contributed by atoms with Crippen LogP contribution in [0.1, 0.15) is 12.8 Å². The predicted octanol–water partition coefficient (Wildman–Crippen LogP) is 0.675. The number of hydrogen-bond donors (Lipinski definition) is 2. The second-order valence-electron chi connectivity index (χ2n) is 4.42. The molecule has 2 heterocycles. The zero-order chi connectivity index (χ0) is 14.4. The van der Waals surface area contributed by atoms with Gasteiger partial charge in [0.05, 0.1) is 19.0 Å². The van der Waals surface area contributed by atoms with Crippen LogP contribution in [0.15, 0.2) is 11.8 Å². The second-order valence-corrected chi connectivity index (χ2v) is 5.34. The van der Waals surface area contributed by atoms with Crippen LogP contribution >= 0.6 is 11.8 Å². The Labute approximate surface area is 121 Å². The van der Waals surface area contributed by atoms with E-state index < -0.39 is 0 Å². The Hall–Kier alpha value is -1.54. The van der Waals surface area contributed by atoms with E-state index in [1.807, 2.05) is 0 Å². The Morgan fingerprint density at radius 2 is 2.10 bits per heavy atom. The van der Waals surface area contributed by atoms with Gasteiger partial charge in [0.25, 0.3) is 5.24 Å². The Morgan fingerprint density at radius 1 is 1.35 bits per heavy atom. The number of rotatable bonds is 4. The van der Waals surface area contributed by atoms with Crippen molar-refractivity contribution in [3.63, 3.8) is 0 Å². The molecular formula is C12H17N3O4S. The van der Waals surface area contributed by atoms with Crippen LogP contribution in [0.25, 0.3) is 0 Å². The molecule has 8 heteroatoms. The van der Waals surface area contributed by atoms with Gasteiger partial charge in [-0.05, 0) is 18.4 Å². The highest BCUT2D eigenvalue weighted by Gasteiger charge is 2.29. The van der Waals surface area contributed by atoms with Gasteiger partial charge in [0, 0.05) is 19.3 Å². The fourth-order valence-electron chi connectivity index (χ4n) is 1.87. The number of nitrogens with one attached hydrogen (secondary N) is 2. The summed E-state index contributed by atoms with van der Waals surface area (Å²) < 4.78 is 5.21. The van der Waals surface area contributed by atoms with Crippen LogP contribution in [-0.2, 0) is 9.53 Å². The van der Waals surface area contributed by atoms with Crippen molar-refractivity contribution in [2.24, 2.45) is 0 Å². The lowest BCUT2D eigenvalue weighted by Crippen LogP contribution is -2.40. The van der Waals surface area contributed by atoms with Crippen molar-refractivity contribution >= 4 is 28.9 Å². The van der Waals surface area contributed by atoms with Gasteiger partial charge in [0.15, 0.2) is 0 Å². The molecule has 2 saturated heterocycles. The number of nitrogens with zero attached hydrogens (tertiary/aromatic N) is 1. The Balaban J connectivity index is 1.65. The van der Waals surface area contributed by atoms with Gasteiger partial charge in [-0.2, -0.15) is 0 Å². The average Bonchev–Trinajstić information content (AvgIpc) is 2.78. The summed E-state index contributed by atoms with van der Waals surface area (Å²) in [5.41, 5.74) is 1.15. The van der Waals surface area contributed by atoms with E-state index >= 15 is 0 Å². The average molecular weight is 299 g/mol. The van der Waals surface area contributed by atoms with E-state index in [0.717, 1.165) is 35.1 Å². The summed E-state index contributed by atoms with van der Waals surface area (Å²) in [7, 11) is 0. The molecular weight excluding hydrogens is 282 g/mol. The molecule has 7 nitrogen and oxygen atoms in total. The fraction of sp³-hybridized carbons (Fsp3) is 0.583. The van der Waals surface area contributed by atoms with E-state index in [1.54, 1.807) is 6.20 Å². The standard InChI is InChI=1S/C12H17N3O4S/c16-10-8-20-12(18)15(10)4-3-13-11(17)14-7-9-1-5-19-6-2-9/h7H,1-6,8H2,(H2,13,14,17). The second kappa shape index (κ2) is 7.30. The van der Waals surface area contributed by atoms with E-state index in [0.29, 0.717) is 13.2 Å². The van der Waals surface area contributed by atoms with E-state index in [2.05, 4.69) is 10.6 Å². The summed E-state index contributed by atoms with van der Waals surface area (Å²) in [6.45, 7) is 1.83. The predicted molar refractivity (Wildman–Crippen MR) is 74.2 cm³/mol. The molecule has 0 aromatic carbocycles. The summed E-state index contributed by atoms with van der Waals surface area (Å²) in [6.07, 6.45) is 3.35. The summed E-state index contributed by atoms with van der Waals surface area (Å²) >= 11 is 0.989. The number of thioether (sulfide) groups is 1. The molecule has 0 unspecified atom stereocenters. The first-order chi connectivity index (χ1) is 9.66. The number of carbonyl (C=O) groups excluding carboxylic acids is 3. The molecule has 2 aliphatic rings. The Kier molecular flexibility index (Phi) is 5.42. The van der Waals surface area contributed by atoms with E-state index in [9.17, 15) is 14.4 Å². The first-order valence-corrected chi connectivity index (χ1v) is 7.42. The van der Waals surface area contributed by atoms with Crippen molar-refractivity contribution in [1.82, 2.24) is 15.5 Å². The maximum absolute atomic E-state index is 11.5. The van der Waals surface area contributed by atoms with Gasteiger partial charge in [0.2, 0.25) is 5.91 Å². The summed E-state index contributed by atoms with van der Waals surface area (Å²) in [5, 5.41) is 5.00. The van der Waals surface area contributed by atoms with Gasteiger partial charge in [-0.15, -0.1) is 0 Å². The number of hydrogen-bond acceptors (Lipinski definition) is 5. The van der Waals surface area contributed by atoms with E-state index in [-0.39, 0.29) is 36.0 Å². The number of carbonyl (C=O) groups is 3. The molecule has 0 atom stereocenters. The number of amides is 4. The van der Waals surface area contributed by atoms with Gasteiger partial charge in [-0.3, -0.25) is 14.5 Å². The van der Waals surface area contributed by atoms with Crippen LogP contribution in [0.5, 0.6) is 0 Å². The highest BCUT2D eigenvalue weighted by molar-refractivity contribution is 8.14. The molecule has 0 bridgehead atoms. The lowest BCUT2D eigenvalue weighted by Gasteiger charge is -2.15. The van der Waals surface area contributed by atoms with Crippen LogP contribution in [0.4, 0.5) is 9.59 Å². The van der Waals surface area contributed by atoms with E-state index in [1.165, 1.54) is 0 Å². The minimum absolute atomic E-state index is 0.194. The van der Waals surface area contributed by atoms with Gasteiger partial charge < -0.3 is 15.4 Å². The molecule has 4 amide bonds. The largest absolute Gasteiger partial charge is 0.381 e. The van der Waals surface area contributed by atoms with Gasteiger partial charge >= 0.3 is 6.03 Å². The molecule has 2 N–H and O–H groups in total. The lowest BCUT2D eigenvalue weighted by atomic mass is 10.1. The zero-order valence-corrected chi connectivity index (χ0v) is 11.8. The molecule has 0 saturated carbocycles. The minimum atomic E-state index is -0.337. The van der Waals surface area contributed by atoms with Crippen molar-refractivity contribution in [3.8, 4) is 0 Å². The van der Waals surface area contributed by atoms with Crippen molar-refractivity contribution in [2.75, 3.05) is 32.1 Å². The minimum Gasteiger partial charge on any atom is -0.381 e. The van der Waals surface area contributed by atoms with E-state index in [4.69, 9.17) is 4.74 Å². The fourth-order valence-corrected chi connectivity index (χ4v) is 2.63. The van der Waals surface area contributed by atoms with Crippen molar-refractivity contribution < 1.29 is 19.1 Å². The molecule has 2 fully saturated rings. The monoisotopic (exact) mass is 299 g/mol. The van der Waals surface area contributed by atoms with Crippen LogP contribution in [0.3, 0.4) is 0 Å². The molecule has 2 rings (SSSR count). The van der Waals surface area contributed by atoms with Gasteiger partial charge in [0.1, 0.15) is 0 Å². The van der Waals surface area contributed by atoms with Crippen molar-refractivity contribution in [2.45, 2.75) is 12.8 Å². The SMILES string of the molecule is O=C(NC=C1CCOCC1)NCCN1C(=O)CSC1=O. The highest BCUT2D eigenvalue weighted by atomic mass is 32.2. The van der Waals surface area contributed by atoms with Gasteiger partial charge in [-0.25, -0.2) is 4.79 Å². The molecule has 0 aliphatic carbocycles. The van der Waals surface area contributed by atoms with Crippen LogP contribution < -0.4 is 10.6 Å². The topological polar surface area (TPSA) is 87.7 Å². The van der Waals surface area contributed by atoms with Crippen LogP contribution in [-0.4, -0.2) is 54.1 Å². The molecule has 0 radical (unpaired) electrons. The molecule has 0 spiro atoms. The molecule has 0 aromatic heterocycles. The molecule has 2 aliphatic heterocycles. The summed E-state index contributed by atoms with van der Waals surface area (Å²) in [6, 6.07) is -0.337. The first-order valence-electron chi connectivity index (χ1n) is 6.44. The molecule has 20 heavy (non-hydrogen) atoms. The Bertz CT molecular complexity index is 414. The number of imide groups is 1. The summed E-state index contributed by atoms with van der Waals surface area (Å²) in [4.78, 5) is 35.3. The lowest BCUT2D eigenvalue weighted by molar-refractivity contribution is -0.124. The van der Waals surface area contributed by atoms with Crippen LogP contribution in [0.2, 0.25) is 0 Å². The quantitative estimate of drug-likeness (QED) is 0.797. The third-order valence-electron chi connectivity index (χ3n) is 3.00. The Morgan fingerprint density at radius 3 is 2.75 bits per heavy atom. The highest BCUT2D eigenvalue weighted by Crippen LogP contribution is 2.17. The van der Waals surface area contributed by atoms with Crippen LogP contribution in [0, 0.1) is 0 Å². The maximum Gasteiger partial charge on any atom is 0.318 e. The normalized spacial score (nSPS) is 19.2. The molecule has 110 valence electrons. The smallest absolute Gasteiger partial charge is 0.318 e.